The third-order valence-corrected chi connectivity index (χ3v) is 4.83. The van der Waals surface area contributed by atoms with Gasteiger partial charge in [-0.1, -0.05) is 0 Å². The second-order valence-electron chi connectivity index (χ2n) is 6.74. The molecule has 130 valence electrons. The first-order valence-electron chi connectivity index (χ1n) is 8.73. The van der Waals surface area contributed by atoms with Gasteiger partial charge in [0, 0.05) is 25.1 Å². The van der Waals surface area contributed by atoms with Crippen LogP contribution in [-0.4, -0.2) is 47.8 Å². The fourth-order valence-electron chi connectivity index (χ4n) is 3.63. The van der Waals surface area contributed by atoms with E-state index in [0.29, 0.717) is 11.2 Å². The molecule has 7 heteroatoms. The predicted molar refractivity (Wildman–Crippen MR) is 93.4 cm³/mol. The summed E-state index contributed by atoms with van der Waals surface area (Å²) in [6.45, 7) is 5.40. The standard InChI is InChI=1S/C18H22N6O/c1-13-10-20-22(11-13)12-15-6-3-4-8-23(15)18(25)16-14(2)21-24-9-5-7-19-17(16)24/h5,7,9-11,15H,3-4,6,8,12H2,1-2H3/t15-/m0/s1. The molecule has 0 N–H and O–H groups in total. The predicted octanol–water partition coefficient (Wildman–Crippen LogP) is 2.24. The molecule has 0 spiro atoms. The Morgan fingerprint density at radius 2 is 2.20 bits per heavy atom. The van der Waals surface area contributed by atoms with Gasteiger partial charge in [-0.05, 0) is 44.7 Å². The van der Waals surface area contributed by atoms with Crippen LogP contribution < -0.4 is 0 Å². The zero-order chi connectivity index (χ0) is 17.4. The summed E-state index contributed by atoms with van der Waals surface area (Å²) in [7, 11) is 0. The molecular formula is C18H22N6O. The Kier molecular flexibility index (Phi) is 3.99. The van der Waals surface area contributed by atoms with Gasteiger partial charge >= 0.3 is 0 Å². The van der Waals surface area contributed by atoms with E-state index in [9.17, 15) is 4.79 Å². The van der Waals surface area contributed by atoms with Gasteiger partial charge in [0.15, 0.2) is 5.65 Å². The van der Waals surface area contributed by atoms with Gasteiger partial charge in [-0.3, -0.25) is 9.48 Å². The summed E-state index contributed by atoms with van der Waals surface area (Å²) in [6.07, 6.45) is 10.6. The molecule has 3 aromatic rings. The first-order valence-corrected chi connectivity index (χ1v) is 8.73. The van der Waals surface area contributed by atoms with Crippen LogP contribution in [0.3, 0.4) is 0 Å². The van der Waals surface area contributed by atoms with Crippen LogP contribution >= 0.6 is 0 Å². The number of nitrogens with zero attached hydrogens (tertiary/aromatic N) is 6. The van der Waals surface area contributed by atoms with Crippen LogP contribution in [0.2, 0.25) is 0 Å². The van der Waals surface area contributed by atoms with E-state index in [-0.39, 0.29) is 11.9 Å². The number of hydrogen-bond donors (Lipinski definition) is 0. The molecule has 4 rings (SSSR count). The van der Waals surface area contributed by atoms with Crippen molar-refractivity contribution >= 4 is 11.6 Å². The lowest BCUT2D eigenvalue weighted by Gasteiger charge is -2.35. The molecule has 1 aliphatic rings. The second-order valence-corrected chi connectivity index (χ2v) is 6.74. The van der Waals surface area contributed by atoms with Crippen molar-refractivity contribution in [3.8, 4) is 0 Å². The number of aryl methyl sites for hydroxylation is 2. The maximum Gasteiger partial charge on any atom is 0.259 e. The zero-order valence-electron chi connectivity index (χ0n) is 14.6. The largest absolute Gasteiger partial charge is 0.334 e. The Hall–Kier alpha value is -2.70. The Balaban J connectivity index is 1.65. The van der Waals surface area contributed by atoms with Crippen molar-refractivity contribution in [3.63, 3.8) is 0 Å². The molecule has 3 aromatic heterocycles. The highest BCUT2D eigenvalue weighted by Crippen LogP contribution is 2.24. The highest BCUT2D eigenvalue weighted by atomic mass is 16.2. The summed E-state index contributed by atoms with van der Waals surface area (Å²) < 4.78 is 3.62. The van der Waals surface area contributed by atoms with Crippen molar-refractivity contribution in [2.24, 2.45) is 0 Å². The second kappa shape index (κ2) is 6.31. The van der Waals surface area contributed by atoms with Crippen molar-refractivity contribution in [1.29, 1.82) is 0 Å². The summed E-state index contributed by atoms with van der Waals surface area (Å²) in [6, 6.07) is 1.97. The van der Waals surface area contributed by atoms with E-state index >= 15 is 0 Å². The van der Waals surface area contributed by atoms with E-state index in [1.165, 1.54) is 0 Å². The number of aromatic nitrogens is 5. The fraction of sp³-hybridized carbons (Fsp3) is 0.444. The van der Waals surface area contributed by atoms with Gasteiger partial charge < -0.3 is 4.90 Å². The number of rotatable bonds is 3. The maximum atomic E-state index is 13.3. The van der Waals surface area contributed by atoms with E-state index in [2.05, 4.69) is 15.2 Å². The molecule has 0 aliphatic carbocycles. The fourth-order valence-corrected chi connectivity index (χ4v) is 3.63. The third-order valence-electron chi connectivity index (χ3n) is 4.83. The minimum Gasteiger partial charge on any atom is -0.334 e. The number of likely N-dealkylation sites (tertiary alicyclic amines) is 1. The molecule has 0 saturated carbocycles. The molecule has 7 nitrogen and oxygen atoms in total. The summed E-state index contributed by atoms with van der Waals surface area (Å²) >= 11 is 0. The van der Waals surface area contributed by atoms with Crippen LogP contribution in [0.1, 0.15) is 40.9 Å². The summed E-state index contributed by atoms with van der Waals surface area (Å²) in [5.74, 6) is 0.0276. The van der Waals surface area contributed by atoms with Gasteiger partial charge in [0.2, 0.25) is 0 Å². The van der Waals surface area contributed by atoms with Crippen molar-refractivity contribution in [3.05, 3.63) is 47.7 Å². The average Bonchev–Trinajstić information content (AvgIpc) is 3.16. The van der Waals surface area contributed by atoms with Crippen LogP contribution in [0.25, 0.3) is 5.65 Å². The quantitative estimate of drug-likeness (QED) is 0.734. The van der Waals surface area contributed by atoms with Crippen LogP contribution in [0, 0.1) is 13.8 Å². The van der Waals surface area contributed by atoms with Crippen molar-refractivity contribution in [2.45, 2.75) is 45.7 Å². The van der Waals surface area contributed by atoms with Gasteiger partial charge in [-0.2, -0.15) is 10.2 Å². The number of carbonyl (C=O) groups excluding carboxylic acids is 1. The molecule has 1 atom stereocenters. The Bertz CT molecular complexity index is 911. The van der Waals surface area contributed by atoms with Crippen molar-refractivity contribution in [1.82, 2.24) is 29.3 Å². The lowest BCUT2D eigenvalue weighted by atomic mass is 10.0. The third kappa shape index (κ3) is 2.90. The summed E-state index contributed by atoms with van der Waals surface area (Å²) in [5.41, 5.74) is 3.10. The lowest BCUT2D eigenvalue weighted by molar-refractivity contribution is 0.0585. The maximum absolute atomic E-state index is 13.3. The highest BCUT2D eigenvalue weighted by Gasteiger charge is 2.31. The van der Waals surface area contributed by atoms with Crippen LogP contribution in [0.4, 0.5) is 0 Å². The highest BCUT2D eigenvalue weighted by molar-refractivity contribution is 6.01. The molecule has 1 saturated heterocycles. The molecule has 1 fully saturated rings. The number of amides is 1. The zero-order valence-corrected chi connectivity index (χ0v) is 14.6. The van der Waals surface area contributed by atoms with Gasteiger partial charge in [0.25, 0.3) is 5.91 Å². The van der Waals surface area contributed by atoms with Gasteiger partial charge in [0.05, 0.1) is 24.5 Å². The Labute approximate surface area is 146 Å². The normalized spacial score (nSPS) is 18.0. The molecule has 0 bridgehead atoms. The molecular weight excluding hydrogens is 316 g/mol. The first-order chi connectivity index (χ1) is 12.1. The van der Waals surface area contributed by atoms with Crippen LogP contribution in [0.15, 0.2) is 30.9 Å². The van der Waals surface area contributed by atoms with Crippen molar-refractivity contribution < 1.29 is 4.79 Å². The molecule has 4 heterocycles. The SMILES string of the molecule is Cc1cnn(C[C@@H]2CCCCN2C(=O)c2c(C)nn3cccnc23)c1. The van der Waals surface area contributed by atoms with E-state index in [4.69, 9.17) is 0 Å². The van der Waals surface area contributed by atoms with Gasteiger partial charge in [-0.25, -0.2) is 9.50 Å². The number of piperidine rings is 1. The summed E-state index contributed by atoms with van der Waals surface area (Å²) in [5, 5.41) is 8.81. The smallest absolute Gasteiger partial charge is 0.259 e. The molecule has 1 aliphatic heterocycles. The Morgan fingerprint density at radius 3 is 3.00 bits per heavy atom. The Morgan fingerprint density at radius 1 is 1.32 bits per heavy atom. The van der Waals surface area contributed by atoms with E-state index in [1.54, 1.807) is 10.7 Å². The number of carbonyl (C=O) groups is 1. The topological polar surface area (TPSA) is 68.3 Å². The number of hydrogen-bond acceptors (Lipinski definition) is 4. The van der Waals surface area contributed by atoms with Crippen molar-refractivity contribution in [2.75, 3.05) is 6.54 Å². The molecule has 1 amide bonds. The first kappa shape index (κ1) is 15.8. The molecule has 0 aromatic carbocycles. The average molecular weight is 338 g/mol. The van der Waals surface area contributed by atoms with Gasteiger partial charge in [0.1, 0.15) is 5.56 Å². The number of fused-ring (bicyclic) bond motifs is 1. The minimum absolute atomic E-state index is 0.0276. The van der Waals surface area contributed by atoms with E-state index in [0.717, 1.165) is 43.6 Å². The van der Waals surface area contributed by atoms with E-state index < -0.39 is 0 Å². The lowest BCUT2D eigenvalue weighted by Crippen LogP contribution is -2.46. The van der Waals surface area contributed by atoms with Gasteiger partial charge in [-0.15, -0.1) is 0 Å². The molecule has 0 radical (unpaired) electrons. The molecule has 25 heavy (non-hydrogen) atoms. The monoisotopic (exact) mass is 338 g/mol. The summed E-state index contributed by atoms with van der Waals surface area (Å²) in [4.78, 5) is 19.7. The van der Waals surface area contributed by atoms with Crippen LogP contribution in [0.5, 0.6) is 0 Å². The van der Waals surface area contributed by atoms with Crippen LogP contribution in [-0.2, 0) is 6.54 Å². The molecule has 0 unspecified atom stereocenters. The minimum atomic E-state index is 0.0276. The van der Waals surface area contributed by atoms with E-state index in [1.807, 2.05) is 48.1 Å².